The lowest BCUT2D eigenvalue weighted by atomic mass is 9.76. The Hall–Kier alpha value is -3.29. The summed E-state index contributed by atoms with van der Waals surface area (Å²) in [5.74, 6) is 0.805. The number of nitrogens with zero attached hydrogens (tertiary/aromatic N) is 6. The molecule has 4 heterocycles. The molecule has 0 saturated carbocycles. The summed E-state index contributed by atoms with van der Waals surface area (Å²) in [5.41, 5.74) is 1.19. The molecule has 2 aliphatic heterocycles. The molecule has 2 saturated heterocycles. The van der Waals surface area contributed by atoms with Gasteiger partial charge < -0.3 is 9.80 Å². The summed E-state index contributed by atoms with van der Waals surface area (Å²) < 4.78 is 1.52. The Balaban J connectivity index is 1.37. The van der Waals surface area contributed by atoms with Crippen molar-refractivity contribution >= 4 is 17.6 Å². The van der Waals surface area contributed by atoms with Crippen LogP contribution in [0.3, 0.4) is 0 Å². The van der Waals surface area contributed by atoms with Gasteiger partial charge in [0.2, 0.25) is 11.7 Å². The molecule has 8 nitrogen and oxygen atoms in total. The third kappa shape index (κ3) is 3.22. The number of rotatable bonds is 4. The molecule has 0 N–H and O–H groups in total. The summed E-state index contributed by atoms with van der Waals surface area (Å²) in [5, 5.41) is 4.30. The minimum atomic E-state index is -0.164. The Labute approximate surface area is 174 Å². The van der Waals surface area contributed by atoms with Gasteiger partial charge in [0.1, 0.15) is 0 Å². The third-order valence-corrected chi connectivity index (χ3v) is 6.55. The van der Waals surface area contributed by atoms with Crippen molar-refractivity contribution in [2.45, 2.75) is 19.8 Å². The van der Waals surface area contributed by atoms with Crippen LogP contribution in [-0.4, -0.2) is 67.4 Å². The van der Waals surface area contributed by atoms with E-state index in [2.05, 4.69) is 39.3 Å². The van der Waals surface area contributed by atoms with Crippen molar-refractivity contribution in [1.29, 1.82) is 0 Å². The summed E-state index contributed by atoms with van der Waals surface area (Å²) in [7, 11) is 0. The fraction of sp³-hybridized carbons (Fsp3) is 0.409. The molecule has 2 aliphatic rings. The fourth-order valence-corrected chi connectivity index (χ4v) is 4.93. The lowest BCUT2D eigenvalue weighted by Crippen LogP contribution is -2.38. The molecule has 154 valence electrons. The van der Waals surface area contributed by atoms with Gasteiger partial charge in [-0.15, -0.1) is 5.10 Å². The Bertz CT molecular complexity index is 1060. The third-order valence-electron chi connectivity index (χ3n) is 6.55. The van der Waals surface area contributed by atoms with Gasteiger partial charge in [-0.3, -0.25) is 9.59 Å². The molecular weight excluding hydrogens is 380 g/mol. The van der Waals surface area contributed by atoms with Gasteiger partial charge in [-0.05, 0) is 24.5 Å². The predicted molar refractivity (Wildman–Crippen MR) is 110 cm³/mol. The minimum absolute atomic E-state index is 0.0887. The van der Waals surface area contributed by atoms with Gasteiger partial charge in [-0.2, -0.15) is 4.98 Å². The van der Waals surface area contributed by atoms with Crippen molar-refractivity contribution in [3.63, 3.8) is 0 Å². The fourth-order valence-electron chi connectivity index (χ4n) is 4.93. The monoisotopic (exact) mass is 404 g/mol. The highest BCUT2D eigenvalue weighted by Gasteiger charge is 2.53. The number of aryl methyl sites for hydroxylation is 1. The largest absolute Gasteiger partial charge is 0.342 e. The van der Waals surface area contributed by atoms with E-state index in [-0.39, 0.29) is 29.0 Å². The molecule has 5 rings (SSSR count). The van der Waals surface area contributed by atoms with E-state index in [1.165, 1.54) is 10.1 Å². The Morgan fingerprint density at radius 3 is 2.63 bits per heavy atom. The van der Waals surface area contributed by atoms with Crippen LogP contribution in [0.2, 0.25) is 0 Å². The number of aromatic nitrogens is 4. The number of benzene rings is 1. The average molecular weight is 404 g/mol. The van der Waals surface area contributed by atoms with Gasteiger partial charge in [0.15, 0.2) is 0 Å². The van der Waals surface area contributed by atoms with Crippen molar-refractivity contribution < 1.29 is 9.59 Å². The van der Waals surface area contributed by atoms with E-state index in [0.29, 0.717) is 32.0 Å². The number of hydrogen-bond acceptors (Lipinski definition) is 5. The van der Waals surface area contributed by atoms with Crippen molar-refractivity contribution in [1.82, 2.24) is 29.4 Å². The molecule has 0 aliphatic carbocycles. The Morgan fingerprint density at radius 2 is 1.87 bits per heavy atom. The van der Waals surface area contributed by atoms with Crippen LogP contribution in [0.4, 0.5) is 0 Å². The number of fused-ring (bicyclic) bond motifs is 2. The molecule has 2 aromatic heterocycles. The first-order valence-electron chi connectivity index (χ1n) is 10.3. The van der Waals surface area contributed by atoms with Crippen LogP contribution in [0.1, 0.15) is 29.5 Å². The van der Waals surface area contributed by atoms with Crippen molar-refractivity contribution in [2.24, 2.45) is 11.3 Å². The molecule has 2 amide bonds. The van der Waals surface area contributed by atoms with E-state index < -0.39 is 0 Å². The van der Waals surface area contributed by atoms with Gasteiger partial charge in [0, 0.05) is 56.8 Å². The molecule has 30 heavy (non-hydrogen) atoms. The van der Waals surface area contributed by atoms with Crippen LogP contribution in [0.15, 0.2) is 48.8 Å². The minimum Gasteiger partial charge on any atom is -0.342 e. The van der Waals surface area contributed by atoms with Gasteiger partial charge >= 0.3 is 0 Å². The van der Waals surface area contributed by atoms with Crippen molar-refractivity contribution in [3.8, 4) is 0 Å². The summed E-state index contributed by atoms with van der Waals surface area (Å²) in [6.45, 7) is 4.27. The molecule has 2 fully saturated rings. The SMILES string of the molecule is CC(=O)N1C[C@@H]2CN(C(=O)c3nc4ncccn4n3)C[C@]2(CCc2ccccc2)C1. The quantitative estimate of drug-likeness (QED) is 0.661. The molecule has 2 atom stereocenters. The molecule has 8 heteroatoms. The van der Waals surface area contributed by atoms with E-state index in [4.69, 9.17) is 0 Å². The van der Waals surface area contributed by atoms with E-state index in [9.17, 15) is 9.59 Å². The smallest absolute Gasteiger partial charge is 0.293 e. The van der Waals surface area contributed by atoms with Crippen LogP contribution in [0.25, 0.3) is 5.78 Å². The summed E-state index contributed by atoms with van der Waals surface area (Å²) in [6, 6.07) is 12.1. The topological polar surface area (TPSA) is 83.7 Å². The second kappa shape index (κ2) is 7.19. The zero-order chi connectivity index (χ0) is 20.7. The second-order valence-electron chi connectivity index (χ2n) is 8.43. The van der Waals surface area contributed by atoms with E-state index in [1.807, 2.05) is 15.9 Å². The molecule has 0 radical (unpaired) electrons. The maximum absolute atomic E-state index is 13.2. The normalized spacial score (nSPS) is 23.2. The zero-order valence-corrected chi connectivity index (χ0v) is 16.9. The maximum atomic E-state index is 13.2. The van der Waals surface area contributed by atoms with E-state index in [1.54, 1.807) is 25.4 Å². The highest BCUT2D eigenvalue weighted by Crippen LogP contribution is 2.46. The Morgan fingerprint density at radius 1 is 1.10 bits per heavy atom. The van der Waals surface area contributed by atoms with E-state index in [0.717, 1.165) is 12.8 Å². The molecule has 3 aromatic rings. The number of likely N-dealkylation sites (tertiary alicyclic amines) is 2. The maximum Gasteiger partial charge on any atom is 0.293 e. The average Bonchev–Trinajstić information content (AvgIpc) is 3.43. The first-order valence-corrected chi connectivity index (χ1v) is 10.3. The predicted octanol–water partition coefficient (Wildman–Crippen LogP) is 1.68. The highest BCUT2D eigenvalue weighted by atomic mass is 16.2. The number of amides is 2. The number of carbonyl (C=O) groups excluding carboxylic acids is 2. The van der Waals surface area contributed by atoms with Crippen molar-refractivity contribution in [2.75, 3.05) is 26.2 Å². The highest BCUT2D eigenvalue weighted by molar-refractivity contribution is 5.91. The number of carbonyl (C=O) groups is 2. The summed E-state index contributed by atoms with van der Waals surface area (Å²) in [4.78, 5) is 37.4. The van der Waals surface area contributed by atoms with Gasteiger partial charge in [0.05, 0.1) is 0 Å². The standard InChI is InChI=1S/C22H24N6O2/c1-16(29)26-12-18-13-27(20(30)19-24-21-23-10-5-11-28(21)25-19)15-22(18,14-26)9-8-17-6-3-2-4-7-17/h2-7,10-11,18H,8-9,12-15H2,1H3/t18-,22+/m1/s1. The Kier molecular flexibility index (Phi) is 4.49. The van der Waals surface area contributed by atoms with Gasteiger partial charge in [-0.1, -0.05) is 30.3 Å². The van der Waals surface area contributed by atoms with Gasteiger partial charge in [-0.25, -0.2) is 9.50 Å². The molecule has 0 bridgehead atoms. The lowest BCUT2D eigenvalue weighted by molar-refractivity contribution is -0.128. The molecule has 1 aromatic carbocycles. The first-order chi connectivity index (χ1) is 14.5. The summed E-state index contributed by atoms with van der Waals surface area (Å²) >= 11 is 0. The van der Waals surface area contributed by atoms with E-state index >= 15 is 0 Å². The summed E-state index contributed by atoms with van der Waals surface area (Å²) in [6.07, 6.45) is 5.24. The van der Waals surface area contributed by atoms with Crippen molar-refractivity contribution in [3.05, 3.63) is 60.2 Å². The van der Waals surface area contributed by atoms with Gasteiger partial charge in [0.25, 0.3) is 11.7 Å². The first kappa shape index (κ1) is 18.7. The molecule has 0 spiro atoms. The van der Waals surface area contributed by atoms with Crippen LogP contribution in [0.5, 0.6) is 0 Å². The molecule has 0 unspecified atom stereocenters. The second-order valence-corrected chi connectivity index (χ2v) is 8.43. The van der Waals surface area contributed by atoms with Crippen LogP contribution >= 0.6 is 0 Å². The van der Waals surface area contributed by atoms with Crippen LogP contribution in [0, 0.1) is 11.3 Å². The number of hydrogen-bond donors (Lipinski definition) is 0. The lowest BCUT2D eigenvalue weighted by Gasteiger charge is -2.29. The van der Waals surface area contributed by atoms with Crippen LogP contribution < -0.4 is 0 Å². The van der Waals surface area contributed by atoms with Crippen LogP contribution in [-0.2, 0) is 11.2 Å². The zero-order valence-electron chi connectivity index (χ0n) is 16.9. The molecular formula is C22H24N6O2.